The Kier molecular flexibility index (Phi) is 5.51. The van der Waals surface area contributed by atoms with Gasteiger partial charge in [0.05, 0.1) is 15.7 Å². The predicted octanol–water partition coefficient (Wildman–Crippen LogP) is 4.67. The Labute approximate surface area is 186 Å². The molecule has 0 aliphatic carbocycles. The lowest BCUT2D eigenvalue weighted by atomic mass is 10.0. The van der Waals surface area contributed by atoms with Crippen LogP contribution < -0.4 is 10.1 Å². The SMILES string of the molecule is CC(C)(NC(=O)c1cnc2cc(Cl)ccc2c1OCc1nc2ccccc2s1)C(=O)O. The molecule has 2 N–H and O–H groups in total. The summed E-state index contributed by atoms with van der Waals surface area (Å²) < 4.78 is 7.09. The van der Waals surface area contributed by atoms with Crippen molar-refractivity contribution in [2.45, 2.75) is 26.0 Å². The Morgan fingerprint density at radius 3 is 2.71 bits per heavy atom. The number of amides is 1. The summed E-state index contributed by atoms with van der Waals surface area (Å²) >= 11 is 7.58. The van der Waals surface area contributed by atoms with Crippen molar-refractivity contribution in [3.63, 3.8) is 0 Å². The van der Waals surface area contributed by atoms with E-state index in [0.29, 0.717) is 21.7 Å². The molecule has 9 heteroatoms. The van der Waals surface area contributed by atoms with E-state index in [-0.39, 0.29) is 12.2 Å². The average Bonchev–Trinajstić information content (AvgIpc) is 3.14. The predicted molar refractivity (Wildman–Crippen MR) is 120 cm³/mol. The largest absolute Gasteiger partial charge is 0.485 e. The van der Waals surface area contributed by atoms with Crippen LogP contribution in [-0.4, -0.2) is 32.5 Å². The van der Waals surface area contributed by atoms with E-state index in [2.05, 4.69) is 15.3 Å². The minimum atomic E-state index is -1.46. The lowest BCUT2D eigenvalue weighted by molar-refractivity contribution is -0.143. The highest BCUT2D eigenvalue weighted by Crippen LogP contribution is 2.32. The number of carbonyl (C=O) groups is 2. The number of hydrogen-bond donors (Lipinski definition) is 2. The first-order valence-electron chi connectivity index (χ1n) is 9.36. The van der Waals surface area contributed by atoms with Gasteiger partial charge in [-0.1, -0.05) is 23.7 Å². The molecular weight excluding hydrogens is 438 g/mol. The molecule has 2 heterocycles. The zero-order valence-corrected chi connectivity index (χ0v) is 18.3. The minimum Gasteiger partial charge on any atom is -0.485 e. The number of hydrogen-bond acceptors (Lipinski definition) is 6. The standard InChI is InChI=1S/C22H18ClN3O4S/c1-22(2,21(28)29)26-20(27)14-10-24-16-9-12(23)7-8-13(16)19(14)30-11-18-25-15-5-3-4-6-17(15)31-18/h3-10H,11H2,1-2H3,(H,26,27)(H,28,29). The molecular formula is C22H18ClN3O4S. The van der Waals surface area contributed by atoms with E-state index in [1.165, 1.54) is 31.4 Å². The highest BCUT2D eigenvalue weighted by atomic mass is 35.5. The number of aliphatic carboxylic acids is 1. The molecule has 2 aromatic heterocycles. The molecule has 0 radical (unpaired) electrons. The van der Waals surface area contributed by atoms with Crippen LogP contribution in [0, 0.1) is 0 Å². The van der Waals surface area contributed by atoms with E-state index in [1.54, 1.807) is 18.2 Å². The molecule has 158 valence electrons. The van der Waals surface area contributed by atoms with Crippen LogP contribution in [0.4, 0.5) is 0 Å². The van der Waals surface area contributed by atoms with E-state index in [0.717, 1.165) is 15.2 Å². The Balaban J connectivity index is 1.72. The highest BCUT2D eigenvalue weighted by Gasteiger charge is 2.31. The molecule has 2 aromatic carbocycles. The van der Waals surface area contributed by atoms with E-state index in [9.17, 15) is 14.7 Å². The number of thiazole rings is 1. The third-order valence-electron chi connectivity index (χ3n) is 4.67. The second kappa shape index (κ2) is 8.13. The van der Waals surface area contributed by atoms with Crippen molar-refractivity contribution in [3.8, 4) is 5.75 Å². The van der Waals surface area contributed by atoms with Gasteiger partial charge in [-0.3, -0.25) is 9.78 Å². The number of carboxylic acid groups (broad SMARTS) is 1. The molecule has 0 atom stereocenters. The van der Waals surface area contributed by atoms with Crippen molar-refractivity contribution in [1.82, 2.24) is 15.3 Å². The summed E-state index contributed by atoms with van der Waals surface area (Å²) in [5, 5.41) is 13.7. The molecule has 0 aliphatic heterocycles. The maximum atomic E-state index is 12.9. The average molecular weight is 456 g/mol. The Morgan fingerprint density at radius 2 is 1.97 bits per heavy atom. The first kappa shape index (κ1) is 21.0. The van der Waals surface area contributed by atoms with Crippen molar-refractivity contribution < 1.29 is 19.4 Å². The number of aromatic nitrogens is 2. The van der Waals surface area contributed by atoms with Crippen LogP contribution in [-0.2, 0) is 11.4 Å². The molecule has 0 aliphatic rings. The number of carbonyl (C=O) groups excluding carboxylic acids is 1. The molecule has 0 fully saturated rings. The van der Waals surface area contributed by atoms with Gasteiger partial charge in [0.1, 0.15) is 28.5 Å². The molecule has 1 amide bonds. The van der Waals surface area contributed by atoms with Gasteiger partial charge in [0.25, 0.3) is 5.91 Å². The van der Waals surface area contributed by atoms with Crippen LogP contribution >= 0.6 is 22.9 Å². The van der Waals surface area contributed by atoms with Gasteiger partial charge in [0.2, 0.25) is 0 Å². The number of rotatable bonds is 6. The number of halogens is 1. The fourth-order valence-electron chi connectivity index (χ4n) is 2.98. The second-order valence-electron chi connectivity index (χ2n) is 7.41. The first-order valence-corrected chi connectivity index (χ1v) is 10.6. The van der Waals surface area contributed by atoms with Crippen molar-refractivity contribution in [3.05, 3.63) is 64.3 Å². The van der Waals surface area contributed by atoms with Crippen molar-refractivity contribution in [2.24, 2.45) is 0 Å². The fourth-order valence-corrected chi connectivity index (χ4v) is 4.03. The van der Waals surface area contributed by atoms with Crippen LogP contribution in [0.5, 0.6) is 5.75 Å². The molecule has 0 spiro atoms. The number of nitrogens with one attached hydrogen (secondary N) is 1. The number of benzene rings is 2. The van der Waals surface area contributed by atoms with Gasteiger partial charge >= 0.3 is 5.97 Å². The molecule has 7 nitrogen and oxygen atoms in total. The number of pyridine rings is 1. The van der Waals surface area contributed by atoms with Crippen LogP contribution in [0.25, 0.3) is 21.1 Å². The summed E-state index contributed by atoms with van der Waals surface area (Å²) in [6.45, 7) is 2.95. The van der Waals surface area contributed by atoms with Crippen LogP contribution in [0.3, 0.4) is 0 Å². The lowest BCUT2D eigenvalue weighted by Crippen LogP contribution is -2.49. The number of para-hydroxylation sites is 1. The summed E-state index contributed by atoms with van der Waals surface area (Å²) in [7, 11) is 0. The van der Waals surface area contributed by atoms with Crippen molar-refractivity contribution >= 4 is 55.9 Å². The van der Waals surface area contributed by atoms with E-state index >= 15 is 0 Å². The first-order chi connectivity index (χ1) is 14.7. The molecule has 31 heavy (non-hydrogen) atoms. The van der Waals surface area contributed by atoms with Crippen LogP contribution in [0.15, 0.2) is 48.7 Å². The van der Waals surface area contributed by atoms with Gasteiger partial charge < -0.3 is 15.2 Å². The molecule has 0 bridgehead atoms. The third-order valence-corrected chi connectivity index (χ3v) is 5.91. The van der Waals surface area contributed by atoms with Gasteiger partial charge in [-0.05, 0) is 44.2 Å². The van der Waals surface area contributed by atoms with E-state index in [1.807, 2.05) is 24.3 Å². The summed E-state index contributed by atoms with van der Waals surface area (Å²) in [5.74, 6) is -1.46. The van der Waals surface area contributed by atoms with Gasteiger partial charge in [0, 0.05) is 16.6 Å². The highest BCUT2D eigenvalue weighted by molar-refractivity contribution is 7.18. The van der Waals surface area contributed by atoms with E-state index < -0.39 is 17.4 Å². The van der Waals surface area contributed by atoms with Crippen LogP contribution in [0.2, 0.25) is 5.02 Å². The summed E-state index contributed by atoms with van der Waals surface area (Å²) in [5.41, 5.74) is 0.0980. The Morgan fingerprint density at radius 1 is 1.19 bits per heavy atom. The summed E-state index contributed by atoms with van der Waals surface area (Å²) in [6.07, 6.45) is 1.36. The van der Waals surface area contributed by atoms with Crippen molar-refractivity contribution in [2.75, 3.05) is 0 Å². The van der Waals surface area contributed by atoms with Gasteiger partial charge in [-0.25, -0.2) is 9.78 Å². The lowest BCUT2D eigenvalue weighted by Gasteiger charge is -2.22. The smallest absolute Gasteiger partial charge is 0.328 e. The summed E-state index contributed by atoms with van der Waals surface area (Å²) in [4.78, 5) is 33.2. The molecule has 0 saturated heterocycles. The number of carboxylic acids is 1. The second-order valence-corrected chi connectivity index (χ2v) is 8.96. The zero-order chi connectivity index (χ0) is 22.2. The quantitative estimate of drug-likeness (QED) is 0.438. The Bertz CT molecular complexity index is 1290. The van der Waals surface area contributed by atoms with Crippen LogP contribution in [0.1, 0.15) is 29.2 Å². The summed E-state index contributed by atoms with van der Waals surface area (Å²) in [6, 6.07) is 12.8. The fraction of sp³-hybridized carbons (Fsp3) is 0.182. The van der Waals surface area contributed by atoms with Gasteiger partial charge in [-0.15, -0.1) is 11.3 Å². The van der Waals surface area contributed by atoms with Gasteiger partial charge in [-0.2, -0.15) is 0 Å². The number of fused-ring (bicyclic) bond motifs is 2. The topological polar surface area (TPSA) is 101 Å². The maximum Gasteiger partial charge on any atom is 0.328 e. The van der Waals surface area contributed by atoms with E-state index in [4.69, 9.17) is 16.3 Å². The molecule has 4 rings (SSSR count). The molecule has 4 aromatic rings. The van der Waals surface area contributed by atoms with Crippen molar-refractivity contribution in [1.29, 1.82) is 0 Å². The normalized spacial score (nSPS) is 11.6. The minimum absolute atomic E-state index is 0.130. The maximum absolute atomic E-state index is 12.9. The zero-order valence-electron chi connectivity index (χ0n) is 16.7. The number of ether oxygens (including phenoxy) is 1. The third kappa shape index (κ3) is 4.30. The molecule has 0 saturated carbocycles. The monoisotopic (exact) mass is 455 g/mol. The number of nitrogens with zero attached hydrogens (tertiary/aromatic N) is 2. The molecule has 0 unspecified atom stereocenters. The Hall–Kier alpha value is -3.23. The van der Waals surface area contributed by atoms with Gasteiger partial charge in [0.15, 0.2) is 0 Å².